The van der Waals surface area contributed by atoms with Gasteiger partial charge in [0.15, 0.2) is 0 Å². The van der Waals surface area contributed by atoms with Crippen LogP contribution >= 0.6 is 0 Å². The topological polar surface area (TPSA) is 66.5 Å². The molecule has 2 amide bonds. The Morgan fingerprint density at radius 3 is 2.53 bits per heavy atom. The second-order valence-corrected chi connectivity index (χ2v) is 5.19. The first-order valence-corrected chi connectivity index (χ1v) is 6.52. The van der Waals surface area contributed by atoms with Gasteiger partial charge in [0.1, 0.15) is 6.42 Å². The van der Waals surface area contributed by atoms with E-state index in [0.29, 0.717) is 5.75 Å². The molecule has 0 spiro atoms. The van der Waals surface area contributed by atoms with Gasteiger partial charge >= 0.3 is 0 Å². The summed E-state index contributed by atoms with van der Waals surface area (Å²) in [4.78, 5) is 22.9. The summed E-state index contributed by atoms with van der Waals surface area (Å²) in [6.45, 7) is 0.270. The highest BCUT2D eigenvalue weighted by molar-refractivity contribution is 7.85. The van der Waals surface area contributed by atoms with Gasteiger partial charge in [0.05, 0.1) is 17.3 Å². The second kappa shape index (κ2) is 5.09. The Balaban J connectivity index is 1.89. The molecule has 90 valence electrons. The van der Waals surface area contributed by atoms with Gasteiger partial charge in [-0.1, -0.05) is 18.2 Å². The van der Waals surface area contributed by atoms with Crippen molar-refractivity contribution < 1.29 is 13.8 Å². The van der Waals surface area contributed by atoms with Crippen molar-refractivity contribution >= 4 is 22.6 Å². The SMILES string of the molecule is O=C1CC(=O)N(CCS(=O)c2ccccc2)N1. The number of carbonyl (C=O) groups is 2. The molecular formula is C11H12N2O3S. The molecule has 1 unspecified atom stereocenters. The summed E-state index contributed by atoms with van der Waals surface area (Å²) in [6, 6.07) is 9.04. The number of carbonyl (C=O) groups excluding carboxylic acids is 2. The van der Waals surface area contributed by atoms with E-state index in [-0.39, 0.29) is 24.8 Å². The van der Waals surface area contributed by atoms with E-state index < -0.39 is 10.8 Å². The molecule has 17 heavy (non-hydrogen) atoms. The lowest BCUT2D eigenvalue weighted by Crippen LogP contribution is -2.38. The van der Waals surface area contributed by atoms with Crippen LogP contribution < -0.4 is 5.43 Å². The van der Waals surface area contributed by atoms with Crippen molar-refractivity contribution in [2.24, 2.45) is 0 Å². The van der Waals surface area contributed by atoms with Crippen LogP contribution in [0.5, 0.6) is 0 Å². The lowest BCUT2D eigenvalue weighted by atomic mass is 10.4. The van der Waals surface area contributed by atoms with E-state index in [9.17, 15) is 13.8 Å². The number of hydrazine groups is 1. The highest BCUT2D eigenvalue weighted by Gasteiger charge is 2.26. The molecule has 1 N–H and O–H groups in total. The van der Waals surface area contributed by atoms with Crippen LogP contribution in [0, 0.1) is 0 Å². The number of hydrogen-bond acceptors (Lipinski definition) is 3. The minimum atomic E-state index is -1.15. The molecule has 1 saturated heterocycles. The number of nitrogens with one attached hydrogen (secondary N) is 1. The lowest BCUT2D eigenvalue weighted by Gasteiger charge is -2.14. The molecule has 0 bridgehead atoms. The van der Waals surface area contributed by atoms with Crippen molar-refractivity contribution in [3.63, 3.8) is 0 Å². The van der Waals surface area contributed by atoms with Crippen LogP contribution in [0.1, 0.15) is 6.42 Å². The largest absolute Gasteiger partial charge is 0.273 e. The minimum absolute atomic E-state index is 0.113. The standard InChI is InChI=1S/C11H12N2O3S/c14-10-8-11(15)13(12-10)6-7-17(16)9-4-2-1-3-5-9/h1-5H,6-8H2,(H,12,14). The molecule has 6 heteroatoms. The molecular weight excluding hydrogens is 240 g/mol. The van der Waals surface area contributed by atoms with Crippen LogP contribution in [-0.2, 0) is 20.4 Å². The Morgan fingerprint density at radius 1 is 1.24 bits per heavy atom. The molecule has 0 radical (unpaired) electrons. The minimum Gasteiger partial charge on any atom is -0.273 e. The normalized spacial score (nSPS) is 17.1. The van der Waals surface area contributed by atoms with E-state index in [1.165, 1.54) is 5.01 Å². The molecule has 0 saturated carbocycles. The quantitative estimate of drug-likeness (QED) is 0.770. The number of rotatable bonds is 4. The number of nitrogens with zero attached hydrogens (tertiary/aromatic N) is 1. The predicted molar refractivity (Wildman–Crippen MR) is 62.2 cm³/mol. The van der Waals surface area contributed by atoms with Gasteiger partial charge in [0.2, 0.25) is 5.91 Å². The summed E-state index contributed by atoms with van der Waals surface area (Å²) in [5.41, 5.74) is 2.42. The van der Waals surface area contributed by atoms with Gasteiger partial charge in [-0.2, -0.15) is 0 Å². The first-order valence-electron chi connectivity index (χ1n) is 5.20. The lowest BCUT2D eigenvalue weighted by molar-refractivity contribution is -0.129. The van der Waals surface area contributed by atoms with Gasteiger partial charge in [0.25, 0.3) is 5.91 Å². The van der Waals surface area contributed by atoms with E-state index in [0.717, 1.165) is 4.90 Å². The fourth-order valence-corrected chi connectivity index (χ4v) is 2.57. The zero-order valence-electron chi connectivity index (χ0n) is 9.09. The summed E-state index contributed by atoms with van der Waals surface area (Å²) >= 11 is 0. The van der Waals surface area contributed by atoms with Gasteiger partial charge in [-0.05, 0) is 12.1 Å². The second-order valence-electron chi connectivity index (χ2n) is 3.62. The molecule has 0 aliphatic carbocycles. The highest BCUT2D eigenvalue weighted by atomic mass is 32.2. The summed E-state index contributed by atoms with van der Waals surface area (Å²) in [5.74, 6) is -0.253. The van der Waals surface area contributed by atoms with Gasteiger partial charge in [-0.25, -0.2) is 0 Å². The molecule has 0 aromatic heterocycles. The van der Waals surface area contributed by atoms with Crippen molar-refractivity contribution in [1.29, 1.82) is 0 Å². The van der Waals surface area contributed by atoms with Gasteiger partial charge in [0, 0.05) is 10.6 Å². The maximum absolute atomic E-state index is 11.9. The predicted octanol–water partition coefficient (Wildman–Crippen LogP) is 0.0577. The van der Waals surface area contributed by atoms with E-state index in [4.69, 9.17) is 0 Å². The maximum Gasteiger partial charge on any atom is 0.250 e. The van der Waals surface area contributed by atoms with E-state index >= 15 is 0 Å². The van der Waals surface area contributed by atoms with Gasteiger partial charge in [-0.3, -0.25) is 24.2 Å². The molecule has 1 fully saturated rings. The van der Waals surface area contributed by atoms with E-state index in [1.54, 1.807) is 12.1 Å². The van der Waals surface area contributed by atoms with Crippen LogP contribution in [-0.4, -0.2) is 33.3 Å². The van der Waals surface area contributed by atoms with Crippen molar-refractivity contribution in [3.05, 3.63) is 30.3 Å². The molecule has 2 rings (SSSR count). The van der Waals surface area contributed by atoms with Crippen LogP contribution in [0.25, 0.3) is 0 Å². The zero-order valence-corrected chi connectivity index (χ0v) is 9.90. The van der Waals surface area contributed by atoms with Crippen molar-refractivity contribution in [1.82, 2.24) is 10.4 Å². The average Bonchev–Trinajstić information content (AvgIpc) is 2.66. The molecule has 1 aliphatic rings. The first kappa shape index (κ1) is 11.8. The monoisotopic (exact) mass is 252 g/mol. The third-order valence-electron chi connectivity index (χ3n) is 2.38. The Morgan fingerprint density at radius 2 is 1.94 bits per heavy atom. The van der Waals surface area contributed by atoms with Crippen molar-refractivity contribution in [2.75, 3.05) is 12.3 Å². The highest BCUT2D eigenvalue weighted by Crippen LogP contribution is 2.07. The molecule has 1 atom stereocenters. The van der Waals surface area contributed by atoms with Gasteiger partial charge in [-0.15, -0.1) is 0 Å². The molecule has 1 heterocycles. The number of hydrogen-bond donors (Lipinski definition) is 1. The third-order valence-corrected chi connectivity index (χ3v) is 3.73. The first-order chi connectivity index (χ1) is 8.16. The molecule has 1 aromatic rings. The third kappa shape index (κ3) is 2.91. The Bertz CT molecular complexity index is 461. The van der Waals surface area contributed by atoms with Crippen LogP contribution in [0.4, 0.5) is 0 Å². The Kier molecular flexibility index (Phi) is 3.53. The van der Waals surface area contributed by atoms with E-state index in [1.807, 2.05) is 18.2 Å². The van der Waals surface area contributed by atoms with Crippen LogP contribution in [0.2, 0.25) is 0 Å². The average molecular weight is 252 g/mol. The van der Waals surface area contributed by atoms with Crippen LogP contribution in [0.15, 0.2) is 35.2 Å². The van der Waals surface area contributed by atoms with Crippen molar-refractivity contribution in [2.45, 2.75) is 11.3 Å². The zero-order chi connectivity index (χ0) is 12.3. The number of benzene rings is 1. The maximum atomic E-state index is 11.9. The fourth-order valence-electron chi connectivity index (χ4n) is 1.53. The Hall–Kier alpha value is -1.69. The molecule has 1 aromatic carbocycles. The van der Waals surface area contributed by atoms with Gasteiger partial charge < -0.3 is 0 Å². The fraction of sp³-hybridized carbons (Fsp3) is 0.273. The molecule has 1 aliphatic heterocycles. The van der Waals surface area contributed by atoms with E-state index in [2.05, 4.69) is 5.43 Å². The summed E-state index contributed by atoms with van der Waals surface area (Å²) in [6.07, 6.45) is -0.113. The smallest absolute Gasteiger partial charge is 0.250 e. The summed E-state index contributed by atoms with van der Waals surface area (Å²) < 4.78 is 11.9. The molecule has 5 nitrogen and oxygen atoms in total. The van der Waals surface area contributed by atoms with Crippen molar-refractivity contribution in [3.8, 4) is 0 Å². The van der Waals surface area contributed by atoms with Crippen LogP contribution in [0.3, 0.4) is 0 Å². The Labute approximate surface area is 101 Å². The summed E-state index contributed by atoms with van der Waals surface area (Å²) in [7, 11) is -1.15. The summed E-state index contributed by atoms with van der Waals surface area (Å²) in [5, 5.41) is 1.23. The number of amides is 2.